The summed E-state index contributed by atoms with van der Waals surface area (Å²) in [5.41, 5.74) is 2.71. The van der Waals surface area contributed by atoms with Gasteiger partial charge in [0, 0.05) is 24.8 Å². The lowest BCUT2D eigenvalue weighted by Gasteiger charge is -2.29. The van der Waals surface area contributed by atoms with Gasteiger partial charge in [0.15, 0.2) is 0 Å². The highest BCUT2D eigenvalue weighted by Gasteiger charge is 2.21. The summed E-state index contributed by atoms with van der Waals surface area (Å²) < 4.78 is 0. The molecule has 2 heteroatoms. The van der Waals surface area contributed by atoms with Crippen molar-refractivity contribution in [3.05, 3.63) is 29.8 Å². The third-order valence-corrected chi connectivity index (χ3v) is 4.16. The highest BCUT2D eigenvalue weighted by atomic mass is 15.2. The molecule has 1 fully saturated rings. The lowest BCUT2D eigenvalue weighted by Crippen LogP contribution is -2.42. The van der Waals surface area contributed by atoms with Gasteiger partial charge in [-0.3, -0.25) is 0 Å². The smallest absolute Gasteiger partial charge is 0.0366 e. The quantitative estimate of drug-likeness (QED) is 0.881. The van der Waals surface area contributed by atoms with Crippen LogP contribution in [0.2, 0.25) is 0 Å². The normalized spacial score (nSPS) is 22.6. The molecule has 100 valence electrons. The van der Waals surface area contributed by atoms with E-state index in [1.807, 2.05) is 0 Å². The van der Waals surface area contributed by atoms with E-state index in [-0.39, 0.29) is 0 Å². The van der Waals surface area contributed by atoms with Crippen molar-refractivity contribution in [3.63, 3.8) is 0 Å². The maximum Gasteiger partial charge on any atom is 0.0366 e. The van der Waals surface area contributed by atoms with E-state index in [1.165, 1.54) is 30.6 Å². The lowest BCUT2D eigenvalue weighted by atomic mass is 9.99. The first kappa shape index (κ1) is 13.4. The van der Waals surface area contributed by atoms with E-state index in [0.717, 1.165) is 19.0 Å². The Bertz CT molecular complexity index is 358. The first-order valence-electron chi connectivity index (χ1n) is 7.25. The third-order valence-electron chi connectivity index (χ3n) is 4.16. The van der Waals surface area contributed by atoms with Crippen LogP contribution in [-0.2, 0) is 0 Å². The van der Waals surface area contributed by atoms with E-state index in [4.69, 9.17) is 0 Å². The van der Waals surface area contributed by atoms with Crippen LogP contribution in [0.15, 0.2) is 24.3 Å². The molecule has 1 aromatic rings. The van der Waals surface area contributed by atoms with Gasteiger partial charge < -0.3 is 10.2 Å². The van der Waals surface area contributed by atoms with Gasteiger partial charge in [0.1, 0.15) is 0 Å². The highest BCUT2D eigenvalue weighted by molar-refractivity contribution is 5.47. The minimum Gasteiger partial charge on any atom is -0.370 e. The Morgan fingerprint density at radius 1 is 1.33 bits per heavy atom. The van der Waals surface area contributed by atoms with Crippen LogP contribution >= 0.6 is 0 Å². The molecule has 1 heterocycles. The van der Waals surface area contributed by atoms with Gasteiger partial charge in [-0.1, -0.05) is 38.0 Å². The Labute approximate surface area is 111 Å². The number of anilines is 1. The van der Waals surface area contributed by atoms with Crippen molar-refractivity contribution in [2.75, 3.05) is 24.5 Å². The Morgan fingerprint density at radius 2 is 2.06 bits per heavy atom. The van der Waals surface area contributed by atoms with Crippen molar-refractivity contribution in [1.29, 1.82) is 0 Å². The number of nitrogens with zero attached hydrogens (tertiary/aromatic N) is 1. The van der Waals surface area contributed by atoms with Crippen LogP contribution in [-0.4, -0.2) is 25.7 Å². The van der Waals surface area contributed by atoms with Gasteiger partial charge in [-0.25, -0.2) is 0 Å². The topological polar surface area (TPSA) is 15.3 Å². The molecule has 1 aliphatic rings. The Kier molecular flexibility index (Phi) is 4.65. The molecular weight excluding hydrogens is 220 g/mol. The molecule has 1 aromatic carbocycles. The fourth-order valence-corrected chi connectivity index (χ4v) is 2.61. The van der Waals surface area contributed by atoms with Crippen LogP contribution in [0.25, 0.3) is 0 Å². The van der Waals surface area contributed by atoms with Crippen molar-refractivity contribution in [2.24, 2.45) is 5.92 Å². The van der Waals surface area contributed by atoms with Crippen LogP contribution < -0.4 is 10.2 Å². The molecule has 0 radical (unpaired) electrons. The summed E-state index contributed by atoms with van der Waals surface area (Å²) in [5.74, 6) is 0.746. The SMILES string of the molecule is CCC(C)C1CN(c2ccc(C)cc2)CCCN1. The maximum atomic E-state index is 3.70. The van der Waals surface area contributed by atoms with Crippen molar-refractivity contribution >= 4 is 5.69 Å². The summed E-state index contributed by atoms with van der Waals surface area (Å²) in [6, 6.07) is 9.57. The zero-order chi connectivity index (χ0) is 13.0. The van der Waals surface area contributed by atoms with E-state index in [9.17, 15) is 0 Å². The molecule has 2 atom stereocenters. The van der Waals surface area contributed by atoms with Crippen LogP contribution in [0, 0.1) is 12.8 Å². The Hall–Kier alpha value is -1.02. The molecule has 1 saturated heterocycles. The summed E-state index contributed by atoms with van der Waals surface area (Å²) in [6.45, 7) is 10.2. The van der Waals surface area contributed by atoms with Gasteiger partial charge in [-0.15, -0.1) is 0 Å². The second-order valence-electron chi connectivity index (χ2n) is 5.58. The molecular formula is C16H26N2. The zero-order valence-electron chi connectivity index (χ0n) is 11.9. The van der Waals surface area contributed by atoms with Crippen LogP contribution in [0.5, 0.6) is 0 Å². The molecule has 1 aliphatic heterocycles. The second kappa shape index (κ2) is 6.24. The Morgan fingerprint density at radius 3 is 2.72 bits per heavy atom. The number of benzene rings is 1. The molecule has 0 aliphatic carbocycles. The standard InChI is InChI=1S/C16H26N2/c1-4-14(3)16-12-18(11-5-10-17-16)15-8-6-13(2)7-9-15/h6-9,14,16-17H,4-5,10-12H2,1-3H3. The van der Waals surface area contributed by atoms with E-state index < -0.39 is 0 Å². The summed E-state index contributed by atoms with van der Waals surface area (Å²) in [6.07, 6.45) is 2.49. The molecule has 0 bridgehead atoms. The molecule has 1 N–H and O–H groups in total. The van der Waals surface area contributed by atoms with Gasteiger partial charge in [-0.2, -0.15) is 0 Å². The summed E-state index contributed by atoms with van der Waals surface area (Å²) in [4.78, 5) is 2.54. The number of aryl methyl sites for hydroxylation is 1. The van der Waals surface area contributed by atoms with E-state index in [0.29, 0.717) is 6.04 Å². The predicted molar refractivity (Wildman–Crippen MR) is 79.3 cm³/mol. The summed E-state index contributed by atoms with van der Waals surface area (Å²) >= 11 is 0. The maximum absolute atomic E-state index is 3.70. The van der Waals surface area contributed by atoms with Gasteiger partial charge in [-0.05, 0) is 37.9 Å². The first-order valence-corrected chi connectivity index (χ1v) is 7.25. The second-order valence-corrected chi connectivity index (χ2v) is 5.58. The van der Waals surface area contributed by atoms with Crippen molar-refractivity contribution < 1.29 is 0 Å². The molecule has 2 rings (SSSR count). The fraction of sp³-hybridized carbons (Fsp3) is 0.625. The van der Waals surface area contributed by atoms with E-state index >= 15 is 0 Å². The van der Waals surface area contributed by atoms with Crippen LogP contribution in [0.3, 0.4) is 0 Å². The minimum atomic E-state index is 0.624. The first-order chi connectivity index (χ1) is 8.70. The molecule has 0 amide bonds. The lowest BCUT2D eigenvalue weighted by molar-refractivity contribution is 0.384. The van der Waals surface area contributed by atoms with Gasteiger partial charge in [0.25, 0.3) is 0 Å². The predicted octanol–water partition coefficient (Wildman–Crippen LogP) is 3.21. The van der Waals surface area contributed by atoms with E-state index in [1.54, 1.807) is 0 Å². The van der Waals surface area contributed by atoms with Gasteiger partial charge >= 0.3 is 0 Å². The number of nitrogens with one attached hydrogen (secondary N) is 1. The number of hydrogen-bond acceptors (Lipinski definition) is 2. The van der Waals surface area contributed by atoms with Crippen molar-refractivity contribution in [2.45, 2.75) is 39.7 Å². The van der Waals surface area contributed by atoms with Gasteiger partial charge in [0.05, 0.1) is 0 Å². The average Bonchev–Trinajstić information content (AvgIpc) is 2.64. The molecule has 0 aromatic heterocycles. The van der Waals surface area contributed by atoms with Crippen LogP contribution in [0.1, 0.15) is 32.3 Å². The van der Waals surface area contributed by atoms with Crippen molar-refractivity contribution in [1.82, 2.24) is 5.32 Å². The minimum absolute atomic E-state index is 0.624. The molecule has 0 spiro atoms. The Balaban J connectivity index is 2.09. The number of rotatable bonds is 3. The summed E-state index contributed by atoms with van der Waals surface area (Å²) in [7, 11) is 0. The monoisotopic (exact) mass is 246 g/mol. The highest BCUT2D eigenvalue weighted by Crippen LogP contribution is 2.20. The zero-order valence-corrected chi connectivity index (χ0v) is 11.9. The van der Waals surface area contributed by atoms with E-state index in [2.05, 4.69) is 55.3 Å². The fourth-order valence-electron chi connectivity index (χ4n) is 2.61. The van der Waals surface area contributed by atoms with Gasteiger partial charge in [0.2, 0.25) is 0 Å². The van der Waals surface area contributed by atoms with Crippen LogP contribution in [0.4, 0.5) is 5.69 Å². The largest absolute Gasteiger partial charge is 0.370 e. The third kappa shape index (κ3) is 3.26. The molecule has 18 heavy (non-hydrogen) atoms. The molecule has 2 unspecified atom stereocenters. The van der Waals surface area contributed by atoms with Crippen molar-refractivity contribution in [3.8, 4) is 0 Å². The summed E-state index contributed by atoms with van der Waals surface area (Å²) in [5, 5.41) is 3.70. The average molecular weight is 246 g/mol. The molecule has 0 saturated carbocycles. The molecule has 2 nitrogen and oxygen atoms in total. The number of hydrogen-bond donors (Lipinski definition) is 1.